The molecule has 1 heterocycles. The fourth-order valence-electron chi connectivity index (χ4n) is 2.50. The Bertz CT molecular complexity index is 808. The standard InChI is InChI=1S/C19H20N2O3/c1-13(18-11-15-7-3-4-9-17(15)24-18)21-19(22)20-12-14-6-5-8-16(10-14)23-2/h3-11,13H,12H2,1-2H3,(H2,20,21,22)/t13-/m1/s1. The highest BCUT2D eigenvalue weighted by molar-refractivity contribution is 5.78. The van der Waals surface area contributed by atoms with Crippen molar-refractivity contribution in [2.24, 2.45) is 0 Å². The summed E-state index contributed by atoms with van der Waals surface area (Å²) in [5, 5.41) is 6.74. The second-order valence-electron chi connectivity index (χ2n) is 5.59. The van der Waals surface area contributed by atoms with Crippen LogP contribution >= 0.6 is 0 Å². The third kappa shape index (κ3) is 3.68. The molecule has 5 heteroatoms. The molecule has 0 bridgehead atoms. The van der Waals surface area contributed by atoms with E-state index in [4.69, 9.17) is 9.15 Å². The Morgan fingerprint density at radius 1 is 1.17 bits per heavy atom. The molecule has 3 aromatic rings. The quantitative estimate of drug-likeness (QED) is 0.745. The van der Waals surface area contributed by atoms with Gasteiger partial charge in [-0.2, -0.15) is 0 Å². The van der Waals surface area contributed by atoms with E-state index in [1.165, 1.54) is 0 Å². The number of carbonyl (C=O) groups excluding carboxylic acids is 1. The Morgan fingerprint density at radius 3 is 2.79 bits per heavy atom. The number of urea groups is 1. The second kappa shape index (κ2) is 7.08. The first-order valence-corrected chi connectivity index (χ1v) is 7.81. The number of para-hydroxylation sites is 1. The maximum absolute atomic E-state index is 12.1. The van der Waals surface area contributed by atoms with Crippen molar-refractivity contribution in [3.8, 4) is 5.75 Å². The molecule has 0 radical (unpaired) electrons. The van der Waals surface area contributed by atoms with E-state index in [0.717, 1.165) is 28.0 Å². The number of fused-ring (bicyclic) bond motifs is 1. The van der Waals surface area contributed by atoms with E-state index in [1.54, 1.807) is 7.11 Å². The smallest absolute Gasteiger partial charge is 0.315 e. The van der Waals surface area contributed by atoms with E-state index in [1.807, 2.05) is 61.5 Å². The fourth-order valence-corrected chi connectivity index (χ4v) is 2.50. The lowest BCUT2D eigenvalue weighted by atomic mass is 10.2. The van der Waals surface area contributed by atoms with E-state index in [9.17, 15) is 4.79 Å². The molecule has 0 saturated heterocycles. The molecule has 2 N–H and O–H groups in total. The van der Waals surface area contributed by atoms with Gasteiger partial charge in [0.15, 0.2) is 0 Å². The Balaban J connectivity index is 1.57. The van der Waals surface area contributed by atoms with E-state index >= 15 is 0 Å². The Kier molecular flexibility index (Phi) is 4.70. The monoisotopic (exact) mass is 324 g/mol. The molecule has 5 nitrogen and oxygen atoms in total. The lowest BCUT2D eigenvalue weighted by Crippen LogP contribution is -2.36. The predicted molar refractivity (Wildman–Crippen MR) is 93.0 cm³/mol. The van der Waals surface area contributed by atoms with Crippen molar-refractivity contribution < 1.29 is 13.9 Å². The number of furan rings is 1. The summed E-state index contributed by atoms with van der Waals surface area (Å²) in [4.78, 5) is 12.1. The molecule has 1 aromatic heterocycles. The number of amides is 2. The van der Waals surface area contributed by atoms with Gasteiger partial charge >= 0.3 is 6.03 Å². The normalized spacial score (nSPS) is 11.9. The number of hydrogen-bond acceptors (Lipinski definition) is 3. The van der Waals surface area contributed by atoms with Crippen molar-refractivity contribution in [2.45, 2.75) is 19.5 Å². The van der Waals surface area contributed by atoms with Crippen LogP contribution in [0.2, 0.25) is 0 Å². The van der Waals surface area contributed by atoms with Gasteiger partial charge in [0.05, 0.1) is 13.2 Å². The molecule has 0 aliphatic carbocycles. The zero-order valence-corrected chi connectivity index (χ0v) is 13.7. The van der Waals surface area contributed by atoms with Crippen LogP contribution in [-0.4, -0.2) is 13.1 Å². The minimum Gasteiger partial charge on any atom is -0.497 e. The molecule has 24 heavy (non-hydrogen) atoms. The van der Waals surface area contributed by atoms with Crippen LogP contribution in [0.4, 0.5) is 4.79 Å². The van der Waals surface area contributed by atoms with E-state index in [2.05, 4.69) is 10.6 Å². The van der Waals surface area contributed by atoms with Crippen molar-refractivity contribution in [3.05, 3.63) is 65.9 Å². The van der Waals surface area contributed by atoms with Crippen LogP contribution in [0.25, 0.3) is 11.0 Å². The Labute approximate surface area is 140 Å². The number of hydrogen-bond donors (Lipinski definition) is 2. The van der Waals surface area contributed by atoms with Crippen LogP contribution in [0.15, 0.2) is 59.0 Å². The van der Waals surface area contributed by atoms with Gasteiger partial charge in [-0.15, -0.1) is 0 Å². The first kappa shape index (κ1) is 15.9. The van der Waals surface area contributed by atoms with Crippen LogP contribution in [0.5, 0.6) is 5.75 Å². The summed E-state index contributed by atoms with van der Waals surface area (Å²) in [7, 11) is 1.62. The zero-order chi connectivity index (χ0) is 16.9. The van der Waals surface area contributed by atoms with Gasteiger partial charge in [-0.05, 0) is 36.8 Å². The molecule has 0 aliphatic rings. The van der Waals surface area contributed by atoms with Crippen molar-refractivity contribution in [2.75, 3.05) is 7.11 Å². The van der Waals surface area contributed by atoms with Gasteiger partial charge < -0.3 is 19.8 Å². The molecule has 0 unspecified atom stereocenters. The van der Waals surface area contributed by atoms with Crippen LogP contribution in [-0.2, 0) is 6.54 Å². The van der Waals surface area contributed by atoms with E-state index in [-0.39, 0.29) is 12.1 Å². The number of rotatable bonds is 5. The van der Waals surface area contributed by atoms with Gasteiger partial charge in [0.2, 0.25) is 0 Å². The molecule has 0 aliphatic heterocycles. The molecule has 3 rings (SSSR count). The molecule has 2 aromatic carbocycles. The first-order chi connectivity index (χ1) is 11.7. The molecular weight excluding hydrogens is 304 g/mol. The van der Waals surface area contributed by atoms with Gasteiger partial charge in [0.1, 0.15) is 17.1 Å². The number of carbonyl (C=O) groups is 1. The summed E-state index contributed by atoms with van der Waals surface area (Å²) in [5.74, 6) is 1.50. The third-order valence-corrected chi connectivity index (χ3v) is 3.81. The summed E-state index contributed by atoms with van der Waals surface area (Å²) in [6.07, 6.45) is 0. The van der Waals surface area contributed by atoms with Gasteiger partial charge in [-0.25, -0.2) is 4.79 Å². The summed E-state index contributed by atoms with van der Waals surface area (Å²) in [5.41, 5.74) is 1.79. The minimum atomic E-state index is -0.245. The third-order valence-electron chi connectivity index (χ3n) is 3.81. The summed E-state index contributed by atoms with van der Waals surface area (Å²) in [6, 6.07) is 16.9. The van der Waals surface area contributed by atoms with Crippen LogP contribution < -0.4 is 15.4 Å². The second-order valence-corrected chi connectivity index (χ2v) is 5.59. The lowest BCUT2D eigenvalue weighted by molar-refractivity contribution is 0.236. The average Bonchev–Trinajstić information content (AvgIpc) is 3.04. The van der Waals surface area contributed by atoms with Crippen molar-refractivity contribution in [3.63, 3.8) is 0 Å². The topological polar surface area (TPSA) is 63.5 Å². The highest BCUT2D eigenvalue weighted by Gasteiger charge is 2.13. The van der Waals surface area contributed by atoms with Crippen LogP contribution in [0.3, 0.4) is 0 Å². The molecule has 124 valence electrons. The summed E-state index contributed by atoms with van der Waals surface area (Å²) < 4.78 is 10.9. The maximum atomic E-state index is 12.1. The molecule has 2 amide bonds. The molecule has 1 atom stereocenters. The Hall–Kier alpha value is -2.95. The van der Waals surface area contributed by atoms with Crippen LogP contribution in [0, 0.1) is 0 Å². The fraction of sp³-hybridized carbons (Fsp3) is 0.211. The predicted octanol–water partition coefficient (Wildman–Crippen LogP) is 4.00. The first-order valence-electron chi connectivity index (χ1n) is 7.81. The molecular formula is C19H20N2O3. The van der Waals surface area contributed by atoms with E-state index < -0.39 is 0 Å². The molecule has 0 saturated carbocycles. The molecule has 0 spiro atoms. The van der Waals surface area contributed by atoms with Crippen molar-refractivity contribution >= 4 is 17.0 Å². The number of benzene rings is 2. The molecule has 0 fully saturated rings. The van der Waals surface area contributed by atoms with Crippen molar-refractivity contribution in [1.29, 1.82) is 0 Å². The average molecular weight is 324 g/mol. The van der Waals surface area contributed by atoms with Gasteiger partial charge in [-0.3, -0.25) is 0 Å². The van der Waals surface area contributed by atoms with Crippen molar-refractivity contribution in [1.82, 2.24) is 10.6 Å². The van der Waals surface area contributed by atoms with Crippen LogP contribution in [0.1, 0.15) is 24.3 Å². The van der Waals surface area contributed by atoms with Gasteiger partial charge in [-0.1, -0.05) is 30.3 Å². The largest absolute Gasteiger partial charge is 0.497 e. The highest BCUT2D eigenvalue weighted by atomic mass is 16.5. The maximum Gasteiger partial charge on any atom is 0.315 e. The number of methoxy groups -OCH3 is 1. The Morgan fingerprint density at radius 2 is 2.00 bits per heavy atom. The summed E-state index contributed by atoms with van der Waals surface area (Å²) in [6.45, 7) is 2.32. The zero-order valence-electron chi connectivity index (χ0n) is 13.7. The van der Waals surface area contributed by atoms with E-state index in [0.29, 0.717) is 6.54 Å². The van der Waals surface area contributed by atoms with Gasteiger partial charge in [0.25, 0.3) is 0 Å². The summed E-state index contributed by atoms with van der Waals surface area (Å²) >= 11 is 0. The SMILES string of the molecule is COc1cccc(CNC(=O)N[C@H](C)c2cc3ccccc3o2)c1. The lowest BCUT2D eigenvalue weighted by Gasteiger charge is -2.13. The number of ether oxygens (including phenoxy) is 1. The van der Waals surface area contributed by atoms with Gasteiger partial charge in [0, 0.05) is 11.9 Å². The minimum absolute atomic E-state index is 0.220. The highest BCUT2D eigenvalue weighted by Crippen LogP contribution is 2.23. The number of nitrogens with one attached hydrogen (secondary N) is 2.